The molecule has 1 nitrogen and oxygen atoms in total. The number of ether oxygens (including phenoxy) is 1. The van der Waals surface area contributed by atoms with Crippen LogP contribution in [-0.2, 0) is 4.74 Å². The molecule has 0 radical (unpaired) electrons. The van der Waals surface area contributed by atoms with Gasteiger partial charge in [0.2, 0.25) is 0 Å². The molecule has 0 aliphatic carbocycles. The quantitative estimate of drug-likeness (QED) is 0.482. The maximum Gasteiger partial charge on any atom is 0.0684 e. The minimum Gasteiger partial charge on any atom is -0.377 e. The molecule has 9 heavy (non-hydrogen) atoms. The first kappa shape index (κ1) is 6.64. The SMILES string of the molecule is C#CCC1CCCCO1. The highest BCUT2D eigenvalue weighted by Gasteiger charge is 2.11. The second-order valence-corrected chi connectivity index (χ2v) is 2.40. The van der Waals surface area contributed by atoms with Crippen molar-refractivity contribution in [2.24, 2.45) is 0 Å². The van der Waals surface area contributed by atoms with Gasteiger partial charge in [-0.3, -0.25) is 0 Å². The Morgan fingerprint density at radius 2 is 2.44 bits per heavy atom. The molecule has 1 atom stereocenters. The van der Waals surface area contributed by atoms with Crippen LogP contribution in [0.4, 0.5) is 0 Å². The summed E-state index contributed by atoms with van der Waals surface area (Å²) in [6.07, 6.45) is 9.94. The van der Waals surface area contributed by atoms with Crippen molar-refractivity contribution in [1.82, 2.24) is 0 Å². The lowest BCUT2D eigenvalue weighted by molar-refractivity contribution is 0.0197. The number of rotatable bonds is 1. The summed E-state index contributed by atoms with van der Waals surface area (Å²) in [4.78, 5) is 0. The fourth-order valence-electron chi connectivity index (χ4n) is 1.10. The molecule has 1 fully saturated rings. The van der Waals surface area contributed by atoms with Crippen LogP contribution in [0.3, 0.4) is 0 Å². The van der Waals surface area contributed by atoms with Crippen molar-refractivity contribution in [3.8, 4) is 12.3 Å². The van der Waals surface area contributed by atoms with E-state index in [1.54, 1.807) is 0 Å². The van der Waals surface area contributed by atoms with Crippen LogP contribution in [0.25, 0.3) is 0 Å². The van der Waals surface area contributed by atoms with E-state index in [9.17, 15) is 0 Å². The highest BCUT2D eigenvalue weighted by molar-refractivity contribution is 4.87. The van der Waals surface area contributed by atoms with E-state index < -0.39 is 0 Å². The Hall–Kier alpha value is -0.480. The molecule has 50 valence electrons. The Bertz CT molecular complexity index is 106. The lowest BCUT2D eigenvalue weighted by atomic mass is 10.1. The van der Waals surface area contributed by atoms with Crippen molar-refractivity contribution in [1.29, 1.82) is 0 Å². The maximum absolute atomic E-state index is 5.38. The highest BCUT2D eigenvalue weighted by atomic mass is 16.5. The molecule has 0 spiro atoms. The van der Waals surface area contributed by atoms with Crippen LogP contribution >= 0.6 is 0 Å². The molecule has 0 N–H and O–H groups in total. The zero-order chi connectivity index (χ0) is 6.53. The number of hydrogen-bond donors (Lipinski definition) is 0. The smallest absolute Gasteiger partial charge is 0.0684 e. The monoisotopic (exact) mass is 124 g/mol. The van der Waals surface area contributed by atoms with Gasteiger partial charge in [-0.05, 0) is 19.3 Å². The fraction of sp³-hybridized carbons (Fsp3) is 0.750. The standard InChI is InChI=1S/C8H12O/c1-2-5-8-6-3-4-7-9-8/h1,8H,3-7H2. The molecule has 1 heteroatoms. The summed E-state index contributed by atoms with van der Waals surface area (Å²) >= 11 is 0. The molecule has 0 aromatic carbocycles. The summed E-state index contributed by atoms with van der Waals surface area (Å²) in [5.41, 5.74) is 0. The molecule has 0 aromatic heterocycles. The summed E-state index contributed by atoms with van der Waals surface area (Å²) in [6.45, 7) is 0.909. The van der Waals surface area contributed by atoms with E-state index in [0.29, 0.717) is 6.10 Å². The first-order valence-corrected chi connectivity index (χ1v) is 3.48. The van der Waals surface area contributed by atoms with Crippen LogP contribution in [0.5, 0.6) is 0 Å². The molecule has 1 aliphatic rings. The lowest BCUT2D eigenvalue weighted by Crippen LogP contribution is -2.17. The third-order valence-electron chi connectivity index (χ3n) is 1.62. The van der Waals surface area contributed by atoms with E-state index in [-0.39, 0.29) is 0 Å². The zero-order valence-corrected chi connectivity index (χ0v) is 5.60. The Morgan fingerprint density at radius 3 is 3.00 bits per heavy atom. The third-order valence-corrected chi connectivity index (χ3v) is 1.62. The first-order chi connectivity index (χ1) is 4.43. The molecular formula is C8H12O. The maximum atomic E-state index is 5.38. The Balaban J connectivity index is 2.17. The van der Waals surface area contributed by atoms with E-state index in [1.807, 2.05) is 0 Å². The van der Waals surface area contributed by atoms with Crippen molar-refractivity contribution in [2.45, 2.75) is 31.8 Å². The van der Waals surface area contributed by atoms with Gasteiger partial charge in [-0.2, -0.15) is 0 Å². The molecule has 1 heterocycles. The number of hydrogen-bond acceptors (Lipinski definition) is 1. The van der Waals surface area contributed by atoms with Crippen molar-refractivity contribution >= 4 is 0 Å². The Labute approximate surface area is 56.4 Å². The summed E-state index contributed by atoms with van der Waals surface area (Å²) in [5.74, 6) is 2.61. The third kappa shape index (κ3) is 2.07. The highest BCUT2D eigenvalue weighted by Crippen LogP contribution is 2.14. The minimum atomic E-state index is 0.365. The molecule has 1 aliphatic heterocycles. The topological polar surface area (TPSA) is 9.23 Å². The molecular weight excluding hydrogens is 112 g/mol. The second-order valence-electron chi connectivity index (χ2n) is 2.40. The van der Waals surface area contributed by atoms with Gasteiger partial charge >= 0.3 is 0 Å². The van der Waals surface area contributed by atoms with Crippen molar-refractivity contribution in [2.75, 3.05) is 6.61 Å². The van der Waals surface area contributed by atoms with Crippen LogP contribution in [0, 0.1) is 12.3 Å². The van der Waals surface area contributed by atoms with Gasteiger partial charge in [-0.25, -0.2) is 0 Å². The van der Waals surface area contributed by atoms with Crippen molar-refractivity contribution in [3.05, 3.63) is 0 Å². The summed E-state index contributed by atoms with van der Waals surface area (Å²) in [7, 11) is 0. The van der Waals surface area contributed by atoms with Gasteiger partial charge in [0.05, 0.1) is 6.10 Å². The lowest BCUT2D eigenvalue weighted by Gasteiger charge is -2.19. The average Bonchev–Trinajstić information content (AvgIpc) is 1.91. The van der Waals surface area contributed by atoms with Crippen LogP contribution in [0.15, 0.2) is 0 Å². The predicted molar refractivity (Wildman–Crippen MR) is 37.0 cm³/mol. The van der Waals surface area contributed by atoms with Gasteiger partial charge in [0.15, 0.2) is 0 Å². The largest absolute Gasteiger partial charge is 0.377 e. The summed E-state index contributed by atoms with van der Waals surface area (Å²) < 4.78 is 5.38. The summed E-state index contributed by atoms with van der Waals surface area (Å²) in [5, 5.41) is 0. The average molecular weight is 124 g/mol. The van der Waals surface area contributed by atoms with Gasteiger partial charge in [-0.1, -0.05) is 0 Å². The molecule has 0 saturated carbocycles. The van der Waals surface area contributed by atoms with E-state index in [1.165, 1.54) is 12.8 Å². The van der Waals surface area contributed by atoms with Gasteiger partial charge in [0.1, 0.15) is 0 Å². The first-order valence-electron chi connectivity index (χ1n) is 3.48. The predicted octanol–water partition coefficient (Wildman–Crippen LogP) is 1.58. The van der Waals surface area contributed by atoms with Crippen LogP contribution in [0.2, 0.25) is 0 Å². The van der Waals surface area contributed by atoms with Gasteiger partial charge in [0, 0.05) is 13.0 Å². The Kier molecular flexibility index (Phi) is 2.60. The molecule has 0 aromatic rings. The number of terminal acetylenes is 1. The van der Waals surface area contributed by atoms with Crippen molar-refractivity contribution < 1.29 is 4.74 Å². The normalized spacial score (nSPS) is 27.2. The summed E-state index contributed by atoms with van der Waals surface area (Å²) in [6, 6.07) is 0. The van der Waals surface area contributed by atoms with Gasteiger partial charge < -0.3 is 4.74 Å². The molecule has 0 amide bonds. The van der Waals surface area contributed by atoms with Crippen LogP contribution in [0.1, 0.15) is 25.7 Å². The fourth-order valence-corrected chi connectivity index (χ4v) is 1.10. The molecule has 1 rings (SSSR count). The molecule has 1 unspecified atom stereocenters. The van der Waals surface area contributed by atoms with E-state index in [4.69, 9.17) is 11.2 Å². The van der Waals surface area contributed by atoms with Gasteiger partial charge in [-0.15, -0.1) is 12.3 Å². The van der Waals surface area contributed by atoms with Gasteiger partial charge in [0.25, 0.3) is 0 Å². The molecule has 0 bridgehead atoms. The van der Waals surface area contributed by atoms with Crippen molar-refractivity contribution in [3.63, 3.8) is 0 Å². The molecule has 1 saturated heterocycles. The van der Waals surface area contributed by atoms with Crippen LogP contribution in [-0.4, -0.2) is 12.7 Å². The van der Waals surface area contributed by atoms with E-state index in [0.717, 1.165) is 19.4 Å². The zero-order valence-electron chi connectivity index (χ0n) is 5.60. The van der Waals surface area contributed by atoms with E-state index in [2.05, 4.69) is 5.92 Å². The second kappa shape index (κ2) is 3.53. The van der Waals surface area contributed by atoms with Crippen LogP contribution < -0.4 is 0 Å². The van der Waals surface area contributed by atoms with E-state index >= 15 is 0 Å². The minimum absolute atomic E-state index is 0.365. The Morgan fingerprint density at radius 1 is 1.56 bits per heavy atom.